The fourth-order valence-electron chi connectivity index (χ4n) is 2.56. The fraction of sp³-hybridized carbons (Fsp3) is 0.263. The van der Waals surface area contributed by atoms with Gasteiger partial charge in [-0.25, -0.2) is 0 Å². The summed E-state index contributed by atoms with van der Waals surface area (Å²) in [6.07, 6.45) is 0.0403. The predicted molar refractivity (Wildman–Crippen MR) is 111 cm³/mol. The molecule has 0 radical (unpaired) electrons. The number of carbonyl (C=O) groups is 2. The van der Waals surface area contributed by atoms with Crippen molar-refractivity contribution in [2.24, 2.45) is 0 Å². The molecule has 0 saturated carbocycles. The van der Waals surface area contributed by atoms with Gasteiger partial charge in [0.1, 0.15) is 6.04 Å². The van der Waals surface area contributed by atoms with Crippen LogP contribution in [-0.4, -0.2) is 29.8 Å². The normalized spacial score (nSPS) is 11.8. The molecule has 2 rings (SSSR count). The minimum Gasteiger partial charge on any atom is -0.357 e. The molecule has 0 spiro atoms. The molecule has 0 fully saturated rings. The second-order valence-corrected chi connectivity index (χ2v) is 7.63. The first-order valence-corrected chi connectivity index (χ1v) is 9.63. The molecule has 2 amide bonds. The van der Waals surface area contributed by atoms with Gasteiger partial charge in [-0.05, 0) is 42.3 Å². The summed E-state index contributed by atoms with van der Waals surface area (Å²) in [4.78, 5) is 26.6. The van der Waals surface area contributed by atoms with Crippen molar-refractivity contribution in [3.63, 3.8) is 0 Å². The minimum absolute atomic E-state index is 0.0403. The van der Waals surface area contributed by atoms with Gasteiger partial charge in [0.15, 0.2) is 0 Å². The van der Waals surface area contributed by atoms with Gasteiger partial charge in [0.25, 0.3) is 0 Å². The molecule has 0 heterocycles. The molecule has 4 nitrogen and oxygen atoms in total. The van der Waals surface area contributed by atoms with Gasteiger partial charge < -0.3 is 10.2 Å². The van der Waals surface area contributed by atoms with Crippen molar-refractivity contribution < 1.29 is 9.59 Å². The molecule has 2 aromatic carbocycles. The Bertz CT molecular complexity index is 858. The summed E-state index contributed by atoms with van der Waals surface area (Å²) in [5, 5.41) is 4.26. The molecule has 0 unspecified atom stereocenters. The van der Waals surface area contributed by atoms with Gasteiger partial charge in [0, 0.05) is 23.6 Å². The second-order valence-electron chi connectivity index (χ2n) is 5.97. The number of hydrogen-bond donors (Lipinski definition) is 1. The summed E-state index contributed by atoms with van der Waals surface area (Å²) in [5.41, 5.74) is 1.39. The summed E-state index contributed by atoms with van der Waals surface area (Å²) in [6, 6.07) is 9.37. The molecule has 0 aliphatic heterocycles. The third kappa shape index (κ3) is 5.76. The highest BCUT2D eigenvalue weighted by Gasteiger charge is 2.26. The van der Waals surface area contributed by atoms with E-state index >= 15 is 0 Å². The highest BCUT2D eigenvalue weighted by atomic mass is 35.5. The number of hydrogen-bond acceptors (Lipinski definition) is 2. The van der Waals surface area contributed by atoms with Crippen molar-refractivity contribution in [2.75, 3.05) is 7.05 Å². The van der Waals surface area contributed by atoms with Crippen LogP contribution in [0.4, 0.5) is 0 Å². The van der Waals surface area contributed by atoms with Gasteiger partial charge in [0.05, 0.1) is 16.5 Å². The van der Waals surface area contributed by atoms with Crippen molar-refractivity contribution in [3.8, 4) is 0 Å². The summed E-state index contributed by atoms with van der Waals surface area (Å²) >= 11 is 24.1. The number of nitrogens with one attached hydrogen (secondary N) is 1. The zero-order valence-electron chi connectivity index (χ0n) is 14.7. The van der Waals surface area contributed by atoms with Crippen LogP contribution >= 0.6 is 46.4 Å². The standard InChI is InChI=1S/C19H18Cl4N2O2/c1-11(19(27)24-2)25(10-12-3-6-15(21)17(23)7-12)18(26)8-13-4-5-14(20)9-16(13)22/h3-7,9,11H,8,10H2,1-2H3,(H,24,27)/t11-/m1/s1. The maximum absolute atomic E-state index is 13.0. The lowest BCUT2D eigenvalue weighted by Crippen LogP contribution is -2.47. The number of amides is 2. The summed E-state index contributed by atoms with van der Waals surface area (Å²) in [7, 11) is 1.52. The van der Waals surface area contributed by atoms with E-state index in [2.05, 4.69) is 5.32 Å². The molecule has 2 aromatic rings. The van der Waals surface area contributed by atoms with Gasteiger partial charge in [-0.1, -0.05) is 58.5 Å². The van der Waals surface area contributed by atoms with E-state index < -0.39 is 6.04 Å². The van der Waals surface area contributed by atoms with E-state index in [9.17, 15) is 9.59 Å². The van der Waals surface area contributed by atoms with E-state index in [-0.39, 0.29) is 24.8 Å². The molecule has 8 heteroatoms. The second kappa shape index (κ2) is 9.65. The fourth-order valence-corrected chi connectivity index (χ4v) is 3.35. The molecule has 0 aliphatic rings. The number of halogens is 4. The first-order valence-electron chi connectivity index (χ1n) is 8.11. The Morgan fingerprint density at radius 3 is 2.30 bits per heavy atom. The Morgan fingerprint density at radius 2 is 1.70 bits per heavy atom. The Hall–Kier alpha value is -1.46. The Kier molecular flexibility index (Phi) is 7.80. The first kappa shape index (κ1) is 21.8. The lowest BCUT2D eigenvalue weighted by atomic mass is 10.1. The lowest BCUT2D eigenvalue weighted by molar-refractivity contribution is -0.139. The van der Waals surface area contributed by atoms with E-state index in [0.29, 0.717) is 25.7 Å². The first-order chi connectivity index (χ1) is 12.7. The van der Waals surface area contributed by atoms with Crippen molar-refractivity contribution in [1.82, 2.24) is 10.2 Å². The Morgan fingerprint density at radius 1 is 1.00 bits per heavy atom. The van der Waals surface area contributed by atoms with Crippen molar-refractivity contribution in [2.45, 2.75) is 25.9 Å². The molecular weight excluding hydrogens is 430 g/mol. The van der Waals surface area contributed by atoms with Crippen LogP contribution in [0.5, 0.6) is 0 Å². The number of nitrogens with zero attached hydrogens (tertiary/aromatic N) is 1. The van der Waals surface area contributed by atoms with Crippen molar-refractivity contribution in [1.29, 1.82) is 0 Å². The van der Waals surface area contributed by atoms with Gasteiger partial charge in [-0.3, -0.25) is 9.59 Å². The van der Waals surface area contributed by atoms with Gasteiger partial charge in [-0.2, -0.15) is 0 Å². The number of benzene rings is 2. The third-order valence-corrected chi connectivity index (χ3v) is 5.43. The van der Waals surface area contributed by atoms with E-state index in [0.717, 1.165) is 5.56 Å². The van der Waals surface area contributed by atoms with Crippen LogP contribution in [0.2, 0.25) is 20.1 Å². The van der Waals surface area contributed by atoms with Crippen LogP contribution in [0, 0.1) is 0 Å². The highest BCUT2D eigenvalue weighted by molar-refractivity contribution is 6.42. The maximum atomic E-state index is 13.0. The predicted octanol–water partition coefficient (Wildman–Crippen LogP) is 5.01. The van der Waals surface area contributed by atoms with Crippen LogP contribution in [0.3, 0.4) is 0 Å². The molecule has 27 heavy (non-hydrogen) atoms. The minimum atomic E-state index is -0.678. The topological polar surface area (TPSA) is 49.4 Å². The third-order valence-electron chi connectivity index (χ3n) is 4.11. The van der Waals surface area contributed by atoms with E-state index in [1.54, 1.807) is 43.3 Å². The molecule has 0 aromatic heterocycles. The van der Waals surface area contributed by atoms with Crippen LogP contribution in [0.15, 0.2) is 36.4 Å². The molecule has 1 N–H and O–H groups in total. The van der Waals surface area contributed by atoms with Gasteiger partial charge in [-0.15, -0.1) is 0 Å². The molecule has 0 aliphatic carbocycles. The summed E-state index contributed by atoms with van der Waals surface area (Å²) < 4.78 is 0. The number of likely N-dealkylation sites (N-methyl/N-ethyl adjacent to an activating group) is 1. The van der Waals surface area contributed by atoms with Crippen molar-refractivity contribution >= 4 is 58.2 Å². The van der Waals surface area contributed by atoms with E-state index in [1.807, 2.05) is 0 Å². The summed E-state index contributed by atoms with van der Waals surface area (Å²) in [5.74, 6) is -0.521. The number of rotatable bonds is 6. The van der Waals surface area contributed by atoms with Crippen LogP contribution in [0.25, 0.3) is 0 Å². The van der Waals surface area contributed by atoms with E-state index in [1.165, 1.54) is 11.9 Å². The van der Waals surface area contributed by atoms with Crippen LogP contribution < -0.4 is 5.32 Å². The molecule has 144 valence electrons. The highest BCUT2D eigenvalue weighted by Crippen LogP contribution is 2.25. The van der Waals surface area contributed by atoms with Crippen LogP contribution in [-0.2, 0) is 22.6 Å². The average molecular weight is 448 g/mol. The zero-order chi connectivity index (χ0) is 20.1. The Labute approximate surface area is 178 Å². The maximum Gasteiger partial charge on any atom is 0.242 e. The monoisotopic (exact) mass is 446 g/mol. The zero-order valence-corrected chi connectivity index (χ0v) is 17.8. The van der Waals surface area contributed by atoms with Crippen LogP contribution in [0.1, 0.15) is 18.1 Å². The van der Waals surface area contributed by atoms with Gasteiger partial charge >= 0.3 is 0 Å². The smallest absolute Gasteiger partial charge is 0.242 e. The van der Waals surface area contributed by atoms with E-state index in [4.69, 9.17) is 46.4 Å². The van der Waals surface area contributed by atoms with Gasteiger partial charge in [0.2, 0.25) is 11.8 Å². The summed E-state index contributed by atoms with van der Waals surface area (Å²) in [6.45, 7) is 1.87. The lowest BCUT2D eigenvalue weighted by Gasteiger charge is -2.28. The number of carbonyl (C=O) groups excluding carboxylic acids is 2. The largest absolute Gasteiger partial charge is 0.357 e. The molecular formula is C19H18Cl4N2O2. The average Bonchev–Trinajstić information content (AvgIpc) is 2.63. The molecule has 0 saturated heterocycles. The molecule has 1 atom stereocenters. The Balaban J connectivity index is 2.28. The van der Waals surface area contributed by atoms with Crippen molar-refractivity contribution in [3.05, 3.63) is 67.6 Å². The quantitative estimate of drug-likeness (QED) is 0.676. The SMILES string of the molecule is CNC(=O)[C@@H](C)N(Cc1ccc(Cl)c(Cl)c1)C(=O)Cc1ccc(Cl)cc1Cl. The molecule has 0 bridgehead atoms.